The number of rotatable bonds is 5. The Morgan fingerprint density at radius 1 is 1.10 bits per heavy atom. The van der Waals surface area contributed by atoms with E-state index < -0.39 is 0 Å². The Labute approximate surface area is 132 Å². The van der Waals surface area contributed by atoms with Crippen molar-refractivity contribution in [2.24, 2.45) is 17.8 Å². The Morgan fingerprint density at radius 3 is 2.40 bits per heavy atom. The number of fused-ring (bicyclic) bond motifs is 2. The summed E-state index contributed by atoms with van der Waals surface area (Å²) >= 11 is 12.9. The molecule has 2 heteroatoms. The number of halogens is 2. The van der Waals surface area contributed by atoms with Gasteiger partial charge < -0.3 is 0 Å². The second kappa shape index (κ2) is 5.89. The molecule has 2 aliphatic rings. The zero-order valence-corrected chi connectivity index (χ0v) is 13.8. The van der Waals surface area contributed by atoms with E-state index >= 15 is 0 Å². The molecule has 2 fully saturated rings. The summed E-state index contributed by atoms with van der Waals surface area (Å²) in [6.45, 7) is 2.18. The Balaban J connectivity index is 1.86. The van der Waals surface area contributed by atoms with Crippen LogP contribution >= 0.6 is 23.2 Å². The first kappa shape index (κ1) is 14.7. The topological polar surface area (TPSA) is 0 Å². The highest BCUT2D eigenvalue weighted by Gasteiger charge is 2.44. The number of benzene rings is 1. The van der Waals surface area contributed by atoms with Crippen LogP contribution in [0.2, 0.25) is 0 Å². The van der Waals surface area contributed by atoms with E-state index in [4.69, 9.17) is 23.2 Å². The predicted octanol–water partition coefficient (Wildman–Crippen LogP) is 5.54. The summed E-state index contributed by atoms with van der Waals surface area (Å²) in [5, 5.41) is 0. The fourth-order valence-corrected chi connectivity index (χ4v) is 5.49. The van der Waals surface area contributed by atoms with Crippen LogP contribution in [0, 0.1) is 24.7 Å². The summed E-state index contributed by atoms with van der Waals surface area (Å²) in [6, 6.07) is 8.64. The van der Waals surface area contributed by atoms with Crippen molar-refractivity contribution < 1.29 is 0 Å². The number of hydrogen-bond acceptors (Lipinski definition) is 0. The average molecular weight is 311 g/mol. The molecule has 0 heterocycles. The molecule has 1 aromatic carbocycles. The van der Waals surface area contributed by atoms with Crippen LogP contribution < -0.4 is 0 Å². The molecule has 0 spiro atoms. The van der Waals surface area contributed by atoms with Crippen LogP contribution in [-0.4, -0.2) is 11.8 Å². The summed E-state index contributed by atoms with van der Waals surface area (Å²) in [6.07, 6.45) is 6.93. The van der Waals surface area contributed by atoms with Crippen LogP contribution in [0.5, 0.6) is 0 Å². The third-order valence-corrected chi connectivity index (χ3v) is 6.79. The van der Waals surface area contributed by atoms with Gasteiger partial charge in [-0.3, -0.25) is 0 Å². The normalized spacial score (nSPS) is 29.1. The van der Waals surface area contributed by atoms with Crippen molar-refractivity contribution in [3.63, 3.8) is 0 Å². The van der Waals surface area contributed by atoms with Gasteiger partial charge in [-0.1, -0.05) is 30.7 Å². The average Bonchev–Trinajstić information content (AvgIpc) is 3.08. The lowest BCUT2D eigenvalue weighted by Gasteiger charge is -2.36. The van der Waals surface area contributed by atoms with Gasteiger partial charge in [0, 0.05) is 17.2 Å². The molecule has 1 aromatic rings. The molecule has 0 amide bonds. The molecule has 0 saturated heterocycles. The minimum Gasteiger partial charge on any atom is -0.126 e. The summed E-state index contributed by atoms with van der Waals surface area (Å²) < 4.78 is 0. The van der Waals surface area contributed by atoms with Crippen LogP contribution in [0.25, 0.3) is 0 Å². The maximum atomic E-state index is 6.43. The largest absolute Gasteiger partial charge is 0.126 e. The second-order valence-corrected chi connectivity index (χ2v) is 7.54. The fourth-order valence-electron chi connectivity index (χ4n) is 4.70. The molecule has 3 atom stereocenters. The molecule has 110 valence electrons. The van der Waals surface area contributed by atoms with Gasteiger partial charge in [0.15, 0.2) is 0 Å². The van der Waals surface area contributed by atoms with Gasteiger partial charge in [0.25, 0.3) is 0 Å². The summed E-state index contributed by atoms with van der Waals surface area (Å²) in [5.41, 5.74) is 2.66. The summed E-state index contributed by atoms with van der Waals surface area (Å²) in [7, 11) is 0. The van der Waals surface area contributed by atoms with E-state index in [-0.39, 0.29) is 5.41 Å². The molecule has 0 N–H and O–H groups in total. The van der Waals surface area contributed by atoms with Crippen molar-refractivity contribution in [3.8, 4) is 0 Å². The Hall–Kier alpha value is -0.200. The Kier molecular flexibility index (Phi) is 4.34. The van der Waals surface area contributed by atoms with Gasteiger partial charge in [-0.05, 0) is 61.5 Å². The van der Waals surface area contributed by atoms with E-state index in [2.05, 4.69) is 31.2 Å². The zero-order chi connectivity index (χ0) is 14.2. The molecule has 0 radical (unpaired) electrons. The van der Waals surface area contributed by atoms with Gasteiger partial charge in [-0.2, -0.15) is 0 Å². The molecule has 0 aromatic heterocycles. The predicted molar refractivity (Wildman–Crippen MR) is 87.9 cm³/mol. The molecular formula is C18H24Cl2. The molecule has 0 nitrogen and oxygen atoms in total. The van der Waals surface area contributed by atoms with Crippen LogP contribution in [0.4, 0.5) is 0 Å². The van der Waals surface area contributed by atoms with E-state index in [0.29, 0.717) is 11.8 Å². The van der Waals surface area contributed by atoms with Crippen molar-refractivity contribution in [2.75, 3.05) is 11.8 Å². The highest BCUT2D eigenvalue weighted by Crippen LogP contribution is 2.52. The van der Waals surface area contributed by atoms with Crippen LogP contribution in [-0.2, 0) is 5.41 Å². The number of hydrogen-bond donors (Lipinski definition) is 0. The second-order valence-electron chi connectivity index (χ2n) is 7.00. The molecule has 0 aliphatic heterocycles. The van der Waals surface area contributed by atoms with Crippen LogP contribution in [0.3, 0.4) is 0 Å². The molecule has 2 saturated carbocycles. The monoisotopic (exact) mass is 310 g/mol. The van der Waals surface area contributed by atoms with Crippen LogP contribution in [0.15, 0.2) is 24.3 Å². The maximum absolute atomic E-state index is 6.43. The number of aryl methyl sites for hydroxylation is 1. The highest BCUT2D eigenvalue weighted by atomic mass is 35.5. The van der Waals surface area contributed by atoms with Crippen molar-refractivity contribution in [2.45, 2.75) is 44.4 Å². The van der Waals surface area contributed by atoms with Gasteiger partial charge in [0.2, 0.25) is 0 Å². The first-order valence-corrected chi connectivity index (χ1v) is 8.93. The van der Waals surface area contributed by atoms with Gasteiger partial charge in [0.1, 0.15) is 0 Å². The minimum absolute atomic E-state index is 0.0381. The highest BCUT2D eigenvalue weighted by molar-refractivity contribution is 6.22. The zero-order valence-electron chi connectivity index (χ0n) is 12.2. The number of alkyl halides is 2. The SMILES string of the molecule is Cc1ccccc1C(CCl)(CCl)CC1CC2CCC1C2. The Morgan fingerprint density at radius 2 is 1.85 bits per heavy atom. The van der Waals surface area contributed by atoms with Gasteiger partial charge in [-0.15, -0.1) is 23.2 Å². The minimum atomic E-state index is -0.0381. The third kappa shape index (κ3) is 2.50. The fraction of sp³-hybridized carbons (Fsp3) is 0.667. The molecule has 3 rings (SSSR count). The van der Waals surface area contributed by atoms with Gasteiger partial charge >= 0.3 is 0 Å². The van der Waals surface area contributed by atoms with Crippen molar-refractivity contribution in [1.82, 2.24) is 0 Å². The molecule has 2 aliphatic carbocycles. The van der Waals surface area contributed by atoms with E-state index in [0.717, 1.165) is 17.8 Å². The lowest BCUT2D eigenvalue weighted by Crippen LogP contribution is -2.35. The van der Waals surface area contributed by atoms with Gasteiger partial charge in [-0.25, -0.2) is 0 Å². The standard InChI is InChI=1S/C18H24Cl2/c1-13-4-2-3-5-17(13)18(11-19,12-20)10-16-9-14-6-7-15(16)8-14/h2-5,14-16H,6-12H2,1H3. The van der Waals surface area contributed by atoms with Crippen LogP contribution in [0.1, 0.15) is 43.2 Å². The quantitative estimate of drug-likeness (QED) is 0.627. The third-order valence-electron chi connectivity index (χ3n) is 5.77. The van der Waals surface area contributed by atoms with Crippen molar-refractivity contribution in [3.05, 3.63) is 35.4 Å². The Bertz CT molecular complexity index is 464. The van der Waals surface area contributed by atoms with E-state index in [1.165, 1.54) is 43.2 Å². The lowest BCUT2D eigenvalue weighted by molar-refractivity contribution is 0.263. The summed E-state index contributed by atoms with van der Waals surface area (Å²) in [4.78, 5) is 0. The van der Waals surface area contributed by atoms with Crippen molar-refractivity contribution in [1.29, 1.82) is 0 Å². The molecule has 2 bridgehead atoms. The first-order valence-electron chi connectivity index (χ1n) is 7.86. The maximum Gasteiger partial charge on any atom is 0.0332 e. The molecule has 20 heavy (non-hydrogen) atoms. The van der Waals surface area contributed by atoms with E-state index in [9.17, 15) is 0 Å². The molecular weight excluding hydrogens is 287 g/mol. The van der Waals surface area contributed by atoms with Gasteiger partial charge in [0.05, 0.1) is 0 Å². The smallest absolute Gasteiger partial charge is 0.0332 e. The molecule has 3 unspecified atom stereocenters. The summed E-state index contributed by atoms with van der Waals surface area (Å²) in [5.74, 6) is 4.04. The van der Waals surface area contributed by atoms with E-state index in [1.54, 1.807) is 0 Å². The lowest BCUT2D eigenvalue weighted by atomic mass is 9.71. The first-order chi connectivity index (χ1) is 9.68. The van der Waals surface area contributed by atoms with Crippen molar-refractivity contribution >= 4 is 23.2 Å². The van der Waals surface area contributed by atoms with E-state index in [1.807, 2.05) is 0 Å².